The molecular formula is C23H29N5O2. The third-order valence-electron chi connectivity index (χ3n) is 5.48. The number of aryl methyl sites for hydroxylation is 1. The first-order valence-electron chi connectivity index (χ1n) is 10.6. The van der Waals surface area contributed by atoms with E-state index in [2.05, 4.69) is 37.4 Å². The van der Waals surface area contributed by atoms with Gasteiger partial charge in [-0.15, -0.1) is 0 Å². The lowest BCUT2D eigenvalue weighted by atomic mass is 9.92. The molecule has 7 nitrogen and oxygen atoms in total. The molecule has 0 aliphatic heterocycles. The van der Waals surface area contributed by atoms with Gasteiger partial charge in [0, 0.05) is 29.5 Å². The number of carbonyl (C=O) groups is 1. The monoisotopic (exact) mass is 407 g/mol. The minimum Gasteiger partial charge on any atom is -0.349 e. The second-order valence-corrected chi connectivity index (χ2v) is 8.96. The molecule has 1 aromatic carbocycles. The Bertz CT molecular complexity index is 1000. The normalized spacial score (nSPS) is 16.3. The lowest BCUT2D eigenvalue weighted by molar-refractivity contribution is -0.122. The van der Waals surface area contributed by atoms with Gasteiger partial charge >= 0.3 is 0 Å². The molecule has 7 heteroatoms. The summed E-state index contributed by atoms with van der Waals surface area (Å²) in [5.74, 6) is 1.18. The topological polar surface area (TPSA) is 85.8 Å². The number of nitrogens with zero attached hydrogens (tertiary/aromatic N) is 4. The predicted octanol–water partition coefficient (Wildman–Crippen LogP) is 3.74. The molecule has 2 aromatic heterocycles. The number of aromatic nitrogens is 4. The highest BCUT2D eigenvalue weighted by atomic mass is 16.5. The van der Waals surface area contributed by atoms with Crippen molar-refractivity contribution in [3.63, 3.8) is 0 Å². The van der Waals surface area contributed by atoms with Gasteiger partial charge in [0.2, 0.25) is 11.8 Å². The highest BCUT2D eigenvalue weighted by Crippen LogP contribution is 2.30. The number of nitrogens with one attached hydrogen (secondary N) is 1. The molecule has 0 bridgehead atoms. The van der Waals surface area contributed by atoms with E-state index in [1.807, 2.05) is 45.2 Å². The first-order chi connectivity index (χ1) is 14.4. The number of benzene rings is 1. The average molecular weight is 408 g/mol. The van der Waals surface area contributed by atoms with Gasteiger partial charge < -0.3 is 9.84 Å². The van der Waals surface area contributed by atoms with Crippen LogP contribution in [0.2, 0.25) is 0 Å². The molecule has 1 atom stereocenters. The molecule has 158 valence electrons. The van der Waals surface area contributed by atoms with Gasteiger partial charge in [-0.25, -0.2) is 0 Å². The van der Waals surface area contributed by atoms with Crippen LogP contribution in [-0.2, 0) is 29.6 Å². The summed E-state index contributed by atoms with van der Waals surface area (Å²) < 4.78 is 7.36. The van der Waals surface area contributed by atoms with Crippen molar-refractivity contribution in [2.45, 2.75) is 70.9 Å². The van der Waals surface area contributed by atoms with E-state index in [0.29, 0.717) is 24.6 Å². The van der Waals surface area contributed by atoms with E-state index in [-0.39, 0.29) is 17.4 Å². The maximum absolute atomic E-state index is 12.6. The van der Waals surface area contributed by atoms with Crippen molar-refractivity contribution in [1.82, 2.24) is 25.2 Å². The number of hydrogen-bond donors (Lipinski definition) is 1. The SMILES string of the molecule is CC(C)(C)c1noc(CCC(=O)NC2CCCc3c2cnn3Cc2ccccc2)n1. The Morgan fingerprint density at radius 3 is 2.80 bits per heavy atom. The molecule has 0 saturated carbocycles. The Hall–Kier alpha value is -2.96. The summed E-state index contributed by atoms with van der Waals surface area (Å²) in [6.45, 7) is 6.86. The lowest BCUT2D eigenvalue weighted by Crippen LogP contribution is -2.31. The molecule has 0 fully saturated rings. The first-order valence-corrected chi connectivity index (χ1v) is 10.6. The maximum Gasteiger partial charge on any atom is 0.227 e. The van der Waals surface area contributed by atoms with E-state index in [1.165, 1.54) is 11.3 Å². The van der Waals surface area contributed by atoms with Crippen molar-refractivity contribution in [2.75, 3.05) is 0 Å². The zero-order valence-electron chi connectivity index (χ0n) is 17.9. The molecule has 0 saturated heterocycles. The fourth-order valence-electron chi connectivity index (χ4n) is 3.81. The molecule has 1 amide bonds. The summed E-state index contributed by atoms with van der Waals surface area (Å²) in [4.78, 5) is 17.0. The van der Waals surface area contributed by atoms with Crippen LogP contribution in [0.4, 0.5) is 0 Å². The van der Waals surface area contributed by atoms with Gasteiger partial charge in [0.1, 0.15) is 0 Å². The third-order valence-corrected chi connectivity index (χ3v) is 5.48. The minimum atomic E-state index is -0.164. The maximum atomic E-state index is 12.6. The van der Waals surface area contributed by atoms with Crippen LogP contribution < -0.4 is 5.32 Å². The molecule has 3 aromatic rings. The van der Waals surface area contributed by atoms with Gasteiger partial charge in [0.05, 0.1) is 18.8 Å². The summed E-state index contributed by atoms with van der Waals surface area (Å²) in [5, 5.41) is 11.8. The first kappa shape index (κ1) is 20.3. The highest BCUT2D eigenvalue weighted by molar-refractivity contribution is 5.76. The van der Waals surface area contributed by atoms with E-state index >= 15 is 0 Å². The Kier molecular flexibility index (Phi) is 5.70. The fraction of sp³-hybridized carbons (Fsp3) is 0.478. The van der Waals surface area contributed by atoms with E-state index < -0.39 is 0 Å². The number of hydrogen-bond acceptors (Lipinski definition) is 5. The Balaban J connectivity index is 1.37. The number of carbonyl (C=O) groups excluding carboxylic acids is 1. The second kappa shape index (κ2) is 8.42. The van der Waals surface area contributed by atoms with Gasteiger partial charge in [-0.3, -0.25) is 9.48 Å². The summed E-state index contributed by atoms with van der Waals surface area (Å²) >= 11 is 0. The van der Waals surface area contributed by atoms with E-state index in [1.54, 1.807) is 0 Å². The van der Waals surface area contributed by atoms with Gasteiger partial charge in [-0.2, -0.15) is 10.1 Å². The largest absolute Gasteiger partial charge is 0.349 e. The zero-order chi connectivity index (χ0) is 21.1. The van der Waals surface area contributed by atoms with Crippen molar-refractivity contribution >= 4 is 5.91 Å². The Labute approximate surface area is 176 Å². The van der Waals surface area contributed by atoms with Crippen LogP contribution in [0, 0.1) is 0 Å². The van der Waals surface area contributed by atoms with Crippen LogP contribution >= 0.6 is 0 Å². The number of amides is 1. The standard InChI is InChI=1S/C23H29N5O2/c1-23(2,3)22-26-21(30-27-22)13-12-20(29)25-18-10-7-11-19-17(18)14-24-28(19)15-16-8-5-4-6-9-16/h4-6,8-9,14,18H,7,10-13,15H2,1-3H3,(H,25,29). The fourth-order valence-corrected chi connectivity index (χ4v) is 3.81. The highest BCUT2D eigenvalue weighted by Gasteiger charge is 2.26. The van der Waals surface area contributed by atoms with Crippen LogP contribution in [0.25, 0.3) is 0 Å². The molecule has 1 unspecified atom stereocenters. The van der Waals surface area contributed by atoms with E-state index in [9.17, 15) is 4.79 Å². The predicted molar refractivity (Wildman–Crippen MR) is 113 cm³/mol. The number of rotatable bonds is 6. The van der Waals surface area contributed by atoms with Crippen molar-refractivity contribution < 1.29 is 9.32 Å². The van der Waals surface area contributed by atoms with Gasteiger partial charge in [-0.1, -0.05) is 56.3 Å². The van der Waals surface area contributed by atoms with Crippen LogP contribution in [0.1, 0.15) is 74.6 Å². The quantitative estimate of drug-likeness (QED) is 0.673. The average Bonchev–Trinajstić information content (AvgIpc) is 3.35. The molecule has 0 radical (unpaired) electrons. The summed E-state index contributed by atoms with van der Waals surface area (Å²) in [6, 6.07) is 10.3. The molecular weight excluding hydrogens is 378 g/mol. The lowest BCUT2D eigenvalue weighted by Gasteiger charge is -2.24. The van der Waals surface area contributed by atoms with Gasteiger partial charge in [-0.05, 0) is 24.8 Å². The third kappa shape index (κ3) is 4.61. The van der Waals surface area contributed by atoms with E-state index in [0.717, 1.165) is 31.4 Å². The molecule has 1 N–H and O–H groups in total. The smallest absolute Gasteiger partial charge is 0.227 e. The molecule has 0 spiro atoms. The Morgan fingerprint density at radius 1 is 1.27 bits per heavy atom. The summed E-state index contributed by atoms with van der Waals surface area (Å²) in [6.07, 6.45) is 5.65. The van der Waals surface area contributed by atoms with Crippen molar-refractivity contribution in [3.8, 4) is 0 Å². The summed E-state index contributed by atoms with van der Waals surface area (Å²) in [7, 11) is 0. The van der Waals surface area contributed by atoms with Crippen LogP contribution in [-0.4, -0.2) is 25.8 Å². The molecule has 4 rings (SSSR count). The number of fused-ring (bicyclic) bond motifs is 1. The van der Waals surface area contributed by atoms with Gasteiger partial charge in [0.15, 0.2) is 5.82 Å². The Morgan fingerprint density at radius 2 is 2.07 bits per heavy atom. The van der Waals surface area contributed by atoms with Crippen molar-refractivity contribution in [2.24, 2.45) is 0 Å². The van der Waals surface area contributed by atoms with Crippen LogP contribution in [0.5, 0.6) is 0 Å². The van der Waals surface area contributed by atoms with Crippen molar-refractivity contribution in [3.05, 3.63) is 65.1 Å². The molecule has 30 heavy (non-hydrogen) atoms. The molecule has 1 aliphatic rings. The summed E-state index contributed by atoms with van der Waals surface area (Å²) in [5.41, 5.74) is 3.42. The molecule has 1 aliphatic carbocycles. The molecule has 2 heterocycles. The zero-order valence-corrected chi connectivity index (χ0v) is 17.9. The second-order valence-electron chi connectivity index (χ2n) is 8.96. The minimum absolute atomic E-state index is 0.000770. The van der Waals surface area contributed by atoms with E-state index in [4.69, 9.17) is 4.52 Å². The van der Waals surface area contributed by atoms with Crippen LogP contribution in [0.15, 0.2) is 41.1 Å². The van der Waals surface area contributed by atoms with Gasteiger partial charge in [0.25, 0.3) is 0 Å². The van der Waals surface area contributed by atoms with Crippen LogP contribution in [0.3, 0.4) is 0 Å². The van der Waals surface area contributed by atoms with Crippen molar-refractivity contribution in [1.29, 1.82) is 0 Å².